The SMILES string of the molecule is N#Cc1ccccc1COc1ccc2[nH]nc(NC(=O)NC(=O)c3ccccc3)c2c1. The van der Waals surface area contributed by atoms with Crippen LogP contribution in [0.1, 0.15) is 21.5 Å². The Hall–Kier alpha value is -4.64. The molecule has 0 aliphatic carbocycles. The van der Waals surface area contributed by atoms with Crippen molar-refractivity contribution in [2.24, 2.45) is 0 Å². The number of carbonyl (C=O) groups excluding carboxylic acids is 2. The third-order valence-corrected chi connectivity index (χ3v) is 4.56. The summed E-state index contributed by atoms with van der Waals surface area (Å²) in [5.74, 6) is 0.292. The standard InChI is InChI=1S/C23H17N5O3/c24-13-16-8-4-5-9-17(16)14-31-18-10-11-20-19(12-18)21(28-27-20)25-23(30)26-22(29)15-6-2-1-3-7-15/h1-12H,14H2,(H3,25,26,27,28,29,30). The van der Waals surface area contributed by atoms with Crippen LogP contribution in [-0.4, -0.2) is 22.1 Å². The van der Waals surface area contributed by atoms with Gasteiger partial charge in [0.25, 0.3) is 5.91 Å². The maximum Gasteiger partial charge on any atom is 0.327 e. The summed E-state index contributed by atoms with van der Waals surface area (Å²) in [5, 5.41) is 21.6. The molecule has 0 spiro atoms. The van der Waals surface area contributed by atoms with Crippen LogP contribution in [0.15, 0.2) is 72.8 Å². The Labute approximate surface area is 177 Å². The minimum atomic E-state index is -0.698. The van der Waals surface area contributed by atoms with Gasteiger partial charge in [0, 0.05) is 16.5 Å². The highest BCUT2D eigenvalue weighted by Crippen LogP contribution is 2.26. The van der Waals surface area contributed by atoms with Crippen LogP contribution in [0.2, 0.25) is 0 Å². The number of aromatic amines is 1. The number of nitrogens with one attached hydrogen (secondary N) is 3. The number of fused-ring (bicyclic) bond motifs is 1. The van der Waals surface area contributed by atoms with Gasteiger partial charge >= 0.3 is 6.03 Å². The molecule has 4 aromatic rings. The van der Waals surface area contributed by atoms with Gasteiger partial charge in [-0.1, -0.05) is 36.4 Å². The topological polar surface area (TPSA) is 120 Å². The number of hydrogen-bond acceptors (Lipinski definition) is 5. The lowest BCUT2D eigenvalue weighted by Gasteiger charge is -2.08. The number of rotatable bonds is 5. The van der Waals surface area contributed by atoms with E-state index in [9.17, 15) is 14.9 Å². The fourth-order valence-electron chi connectivity index (χ4n) is 3.00. The van der Waals surface area contributed by atoms with Crippen molar-refractivity contribution in [2.45, 2.75) is 6.61 Å². The summed E-state index contributed by atoms with van der Waals surface area (Å²) in [5.41, 5.74) is 2.38. The molecule has 0 unspecified atom stereocenters. The van der Waals surface area contributed by atoms with E-state index in [4.69, 9.17) is 4.74 Å². The Kier molecular flexibility index (Phi) is 5.58. The first kappa shape index (κ1) is 19.7. The number of carbonyl (C=O) groups is 2. The van der Waals surface area contributed by atoms with Crippen molar-refractivity contribution in [1.29, 1.82) is 5.26 Å². The first-order chi connectivity index (χ1) is 15.1. The van der Waals surface area contributed by atoms with Gasteiger partial charge in [-0.3, -0.25) is 20.5 Å². The number of ether oxygens (including phenoxy) is 1. The molecular weight excluding hydrogens is 394 g/mol. The van der Waals surface area contributed by atoms with Gasteiger partial charge in [0.05, 0.1) is 17.1 Å². The maximum atomic E-state index is 12.2. The second-order valence-electron chi connectivity index (χ2n) is 6.61. The van der Waals surface area contributed by atoms with Gasteiger partial charge in [0.1, 0.15) is 12.4 Å². The third-order valence-electron chi connectivity index (χ3n) is 4.56. The van der Waals surface area contributed by atoms with Gasteiger partial charge in [-0.15, -0.1) is 0 Å². The van der Waals surface area contributed by atoms with E-state index in [-0.39, 0.29) is 12.4 Å². The summed E-state index contributed by atoms with van der Waals surface area (Å²) in [7, 11) is 0. The van der Waals surface area contributed by atoms with Crippen LogP contribution >= 0.6 is 0 Å². The summed E-state index contributed by atoms with van der Waals surface area (Å²) in [6, 6.07) is 22.3. The van der Waals surface area contributed by atoms with Crippen molar-refractivity contribution < 1.29 is 14.3 Å². The first-order valence-corrected chi connectivity index (χ1v) is 9.40. The number of urea groups is 1. The van der Waals surface area contributed by atoms with E-state index in [1.807, 2.05) is 12.1 Å². The molecule has 3 amide bonds. The molecule has 4 rings (SSSR count). The smallest absolute Gasteiger partial charge is 0.327 e. The predicted molar refractivity (Wildman–Crippen MR) is 115 cm³/mol. The van der Waals surface area contributed by atoms with Gasteiger partial charge in [-0.25, -0.2) is 4.79 Å². The Morgan fingerprint density at radius 1 is 1.03 bits per heavy atom. The number of benzene rings is 3. The number of nitrogens with zero attached hydrogens (tertiary/aromatic N) is 2. The average Bonchev–Trinajstić information content (AvgIpc) is 3.20. The Balaban J connectivity index is 1.46. The van der Waals surface area contributed by atoms with Crippen molar-refractivity contribution >= 4 is 28.7 Å². The lowest BCUT2D eigenvalue weighted by Crippen LogP contribution is -2.34. The zero-order chi connectivity index (χ0) is 21.6. The van der Waals surface area contributed by atoms with Crippen molar-refractivity contribution in [3.05, 3.63) is 89.5 Å². The van der Waals surface area contributed by atoms with Crippen LogP contribution in [0.25, 0.3) is 10.9 Å². The number of anilines is 1. The van der Waals surface area contributed by atoms with Crippen molar-refractivity contribution in [2.75, 3.05) is 5.32 Å². The van der Waals surface area contributed by atoms with Crippen LogP contribution in [0.3, 0.4) is 0 Å². The van der Waals surface area contributed by atoms with Gasteiger partial charge < -0.3 is 4.74 Å². The van der Waals surface area contributed by atoms with E-state index >= 15 is 0 Å². The number of amides is 3. The normalized spacial score (nSPS) is 10.3. The van der Waals surface area contributed by atoms with E-state index < -0.39 is 11.9 Å². The highest BCUT2D eigenvalue weighted by Gasteiger charge is 2.14. The van der Waals surface area contributed by atoms with Gasteiger partial charge in [0.15, 0.2) is 5.82 Å². The molecule has 0 radical (unpaired) electrons. The third kappa shape index (κ3) is 4.52. The Morgan fingerprint density at radius 2 is 1.81 bits per heavy atom. The van der Waals surface area contributed by atoms with Crippen LogP contribution in [-0.2, 0) is 6.61 Å². The molecule has 0 saturated heterocycles. The van der Waals surface area contributed by atoms with E-state index in [0.717, 1.165) is 5.56 Å². The molecule has 0 aliphatic heterocycles. The number of nitriles is 1. The second-order valence-corrected chi connectivity index (χ2v) is 6.61. The predicted octanol–water partition coefficient (Wildman–Crippen LogP) is 3.98. The van der Waals surface area contributed by atoms with Crippen LogP contribution in [0, 0.1) is 11.3 Å². The Bertz CT molecular complexity index is 1290. The molecule has 152 valence electrons. The van der Waals surface area contributed by atoms with E-state index in [1.165, 1.54) is 0 Å². The largest absolute Gasteiger partial charge is 0.489 e. The fraction of sp³-hybridized carbons (Fsp3) is 0.0435. The van der Waals surface area contributed by atoms with Crippen LogP contribution < -0.4 is 15.4 Å². The summed E-state index contributed by atoms with van der Waals surface area (Å²) < 4.78 is 5.82. The lowest BCUT2D eigenvalue weighted by molar-refractivity contribution is 0.0967. The van der Waals surface area contributed by atoms with Crippen LogP contribution in [0.4, 0.5) is 10.6 Å². The molecule has 8 heteroatoms. The molecule has 0 saturated carbocycles. The minimum absolute atomic E-state index is 0.224. The average molecular weight is 411 g/mol. The molecule has 0 aliphatic rings. The van der Waals surface area contributed by atoms with Gasteiger partial charge in [-0.05, 0) is 36.4 Å². The molecule has 1 aromatic heterocycles. The highest BCUT2D eigenvalue weighted by atomic mass is 16.5. The molecule has 1 heterocycles. The van der Waals surface area contributed by atoms with Crippen molar-refractivity contribution in [3.8, 4) is 11.8 Å². The monoisotopic (exact) mass is 411 g/mol. The number of imide groups is 1. The first-order valence-electron chi connectivity index (χ1n) is 9.40. The molecule has 0 atom stereocenters. The summed E-state index contributed by atoms with van der Waals surface area (Å²) in [4.78, 5) is 24.4. The molecule has 0 bridgehead atoms. The van der Waals surface area contributed by atoms with E-state index in [1.54, 1.807) is 60.7 Å². The fourth-order valence-corrected chi connectivity index (χ4v) is 3.00. The highest BCUT2D eigenvalue weighted by molar-refractivity contribution is 6.09. The Morgan fingerprint density at radius 3 is 2.61 bits per heavy atom. The van der Waals surface area contributed by atoms with Crippen molar-refractivity contribution in [1.82, 2.24) is 15.5 Å². The summed E-state index contributed by atoms with van der Waals surface area (Å²) in [6.45, 7) is 0.224. The molecular formula is C23H17N5O3. The van der Waals surface area contributed by atoms with Crippen molar-refractivity contribution in [3.63, 3.8) is 0 Å². The zero-order valence-corrected chi connectivity index (χ0v) is 16.3. The maximum absolute atomic E-state index is 12.2. The quantitative estimate of drug-likeness (QED) is 0.459. The number of aromatic nitrogens is 2. The zero-order valence-electron chi connectivity index (χ0n) is 16.3. The van der Waals surface area contributed by atoms with Gasteiger partial charge in [-0.2, -0.15) is 10.4 Å². The second kappa shape index (κ2) is 8.80. The summed E-state index contributed by atoms with van der Waals surface area (Å²) >= 11 is 0. The molecule has 8 nitrogen and oxygen atoms in total. The molecule has 31 heavy (non-hydrogen) atoms. The van der Waals surface area contributed by atoms with E-state index in [2.05, 4.69) is 26.9 Å². The number of hydrogen-bond donors (Lipinski definition) is 3. The molecule has 3 N–H and O–H groups in total. The lowest BCUT2D eigenvalue weighted by atomic mass is 10.1. The molecule has 3 aromatic carbocycles. The summed E-state index contributed by atoms with van der Waals surface area (Å²) in [6.07, 6.45) is 0. The van der Waals surface area contributed by atoms with Gasteiger partial charge in [0.2, 0.25) is 0 Å². The van der Waals surface area contributed by atoms with Crippen LogP contribution in [0.5, 0.6) is 5.75 Å². The minimum Gasteiger partial charge on any atom is -0.489 e. The van der Waals surface area contributed by atoms with E-state index in [0.29, 0.717) is 27.8 Å². The molecule has 0 fully saturated rings. The number of H-pyrrole nitrogens is 1.